The van der Waals surface area contributed by atoms with Crippen molar-refractivity contribution in [2.24, 2.45) is 0 Å². The number of ether oxygens (including phenoxy) is 4. The number of fused-ring (bicyclic) bond motifs is 1. The molecule has 1 aliphatic rings. The monoisotopic (exact) mass is 527 g/mol. The van der Waals surface area contributed by atoms with E-state index in [4.69, 9.17) is 14.7 Å². The summed E-state index contributed by atoms with van der Waals surface area (Å²) in [5.74, 6) is -0.832. The molecule has 0 bridgehead atoms. The highest BCUT2D eigenvalue weighted by Gasteiger charge is 2.44. The summed E-state index contributed by atoms with van der Waals surface area (Å²) in [5.41, 5.74) is 3.81. The maximum absolute atomic E-state index is 13.0. The van der Waals surface area contributed by atoms with Crippen LogP contribution in [0.3, 0.4) is 0 Å². The van der Waals surface area contributed by atoms with Crippen LogP contribution in [0.1, 0.15) is 23.6 Å². The Labute approximate surface area is 218 Å². The number of anilines is 1. The van der Waals surface area contributed by atoms with Crippen LogP contribution < -0.4 is 14.4 Å². The lowest BCUT2D eigenvalue weighted by Gasteiger charge is -2.30. The van der Waals surface area contributed by atoms with Gasteiger partial charge in [0.25, 0.3) is 5.91 Å². The van der Waals surface area contributed by atoms with Gasteiger partial charge in [0.2, 0.25) is 0 Å². The molecule has 1 atom stereocenters. The highest BCUT2D eigenvalue weighted by molar-refractivity contribution is 6.01. The second-order valence-corrected chi connectivity index (χ2v) is 8.33. The first-order valence-electron chi connectivity index (χ1n) is 11.5. The maximum atomic E-state index is 13.0. The maximum Gasteiger partial charge on any atom is 0.586 e. The molecule has 0 saturated carbocycles. The van der Waals surface area contributed by atoms with E-state index in [-0.39, 0.29) is 24.0 Å². The molecule has 2 aromatic carbocycles. The molecule has 1 aliphatic heterocycles. The molecule has 1 amide bonds. The number of nitrogens with zero attached hydrogens (tertiary/aromatic N) is 2. The minimum atomic E-state index is -3.67. The third-order valence-corrected chi connectivity index (χ3v) is 5.73. The van der Waals surface area contributed by atoms with Gasteiger partial charge in [-0.1, -0.05) is 30.3 Å². The number of H-pyrrole nitrogens is 1. The summed E-state index contributed by atoms with van der Waals surface area (Å²) < 4.78 is 44.5. The summed E-state index contributed by atoms with van der Waals surface area (Å²) in [4.78, 5) is 28.3. The minimum Gasteiger partial charge on any atom is -0.467 e. The summed E-state index contributed by atoms with van der Waals surface area (Å²) in [7, 11) is 2.76. The predicted molar refractivity (Wildman–Crippen MR) is 134 cm³/mol. The van der Waals surface area contributed by atoms with Gasteiger partial charge < -0.3 is 23.9 Å². The highest BCUT2D eigenvalue weighted by Crippen LogP contribution is 2.47. The van der Waals surface area contributed by atoms with Crippen LogP contribution in [0.4, 0.5) is 14.5 Å². The zero-order valence-electron chi connectivity index (χ0n) is 21.5. The molecule has 1 N–H and O–H groups in total. The fourth-order valence-electron chi connectivity index (χ4n) is 4.05. The number of nitriles is 1. The van der Waals surface area contributed by atoms with Crippen LogP contribution in [-0.2, 0) is 19.1 Å². The van der Waals surface area contributed by atoms with Crippen LogP contribution in [0.5, 0.6) is 11.5 Å². The number of aryl methyl sites for hydroxylation is 2. The van der Waals surface area contributed by atoms with Gasteiger partial charge in [0.1, 0.15) is 18.7 Å². The number of halogens is 2. The van der Waals surface area contributed by atoms with Crippen molar-refractivity contribution in [2.75, 3.05) is 25.7 Å². The molecular formula is C27H27F2N3O6. The van der Waals surface area contributed by atoms with Crippen LogP contribution in [0.2, 0.25) is 0 Å². The second kappa shape index (κ2) is 11.7. The van der Waals surface area contributed by atoms with E-state index in [2.05, 4.69) is 14.5 Å². The number of aromatic amines is 1. The van der Waals surface area contributed by atoms with Crippen molar-refractivity contribution < 1.29 is 37.3 Å². The number of carbonyl (C=O) groups excluding carboxylic acids is 2. The zero-order chi connectivity index (χ0) is 28.0. The Kier molecular flexibility index (Phi) is 8.70. The van der Waals surface area contributed by atoms with Gasteiger partial charge in [0.05, 0.1) is 18.4 Å². The lowest BCUT2D eigenvalue weighted by Crippen LogP contribution is -2.46. The van der Waals surface area contributed by atoms with E-state index >= 15 is 0 Å². The number of alkyl halides is 2. The molecule has 11 heteroatoms. The number of nitrogens with one attached hydrogen (secondary N) is 1. The van der Waals surface area contributed by atoms with Crippen LogP contribution >= 0.6 is 0 Å². The molecule has 3 aromatic rings. The van der Waals surface area contributed by atoms with E-state index in [9.17, 15) is 18.4 Å². The van der Waals surface area contributed by atoms with E-state index in [1.54, 1.807) is 25.3 Å². The number of carbonyl (C=O) groups is 2. The van der Waals surface area contributed by atoms with Crippen LogP contribution in [0.15, 0.2) is 48.8 Å². The average molecular weight is 528 g/mol. The first-order chi connectivity index (χ1) is 18.0. The fraction of sp³-hybridized carbons (Fsp3) is 0.296. The molecule has 200 valence electrons. The van der Waals surface area contributed by atoms with Gasteiger partial charge >= 0.3 is 12.3 Å². The molecule has 0 unspecified atom stereocenters. The van der Waals surface area contributed by atoms with Gasteiger partial charge in [-0.05, 0) is 38.0 Å². The molecule has 4 rings (SSSR count). The third kappa shape index (κ3) is 5.92. The summed E-state index contributed by atoms with van der Waals surface area (Å²) in [6.45, 7) is 5.36. The summed E-state index contributed by atoms with van der Waals surface area (Å²) in [6.07, 6.45) is -0.627. The SMILES string of the molecule is COCC(=O)N(c1c(C)cccc1C)[C@H](C)C(=O)OC.N#Cc1c[nH]cc1-c1cccc2c1OC(F)(F)O2. The smallest absolute Gasteiger partial charge is 0.467 e. The number of para-hydroxylation sites is 2. The Morgan fingerprint density at radius 3 is 2.34 bits per heavy atom. The lowest BCUT2D eigenvalue weighted by atomic mass is 10.0. The molecule has 0 saturated heterocycles. The number of hydrogen-bond donors (Lipinski definition) is 1. The summed E-state index contributed by atoms with van der Waals surface area (Å²) >= 11 is 0. The third-order valence-electron chi connectivity index (χ3n) is 5.73. The van der Waals surface area contributed by atoms with Crippen molar-refractivity contribution in [2.45, 2.75) is 33.1 Å². The molecule has 0 radical (unpaired) electrons. The summed E-state index contributed by atoms with van der Waals surface area (Å²) in [6, 6.07) is 11.5. The van der Waals surface area contributed by atoms with Crippen LogP contribution in [-0.4, -0.2) is 50.0 Å². The first-order valence-corrected chi connectivity index (χ1v) is 11.5. The molecule has 38 heavy (non-hydrogen) atoms. The average Bonchev–Trinajstić information content (AvgIpc) is 3.48. The quantitative estimate of drug-likeness (QED) is 0.462. The van der Waals surface area contributed by atoms with Gasteiger partial charge in [-0.15, -0.1) is 8.78 Å². The standard InChI is InChI=1S/C15H21NO4.C12H6F2N2O2/c1-10-7-6-8-11(2)14(10)16(13(17)9-19-4)12(3)15(18)20-5;13-12(14)17-10-3-1-2-8(11(10)18-12)9-6-16-5-7(9)4-15/h6-8,12H,9H2,1-5H3;1-3,5-6,16H/t12-;/m1./s1. The number of hydrogen-bond acceptors (Lipinski definition) is 7. The molecule has 9 nitrogen and oxygen atoms in total. The lowest BCUT2D eigenvalue weighted by molar-refractivity contribution is -0.286. The van der Waals surface area contributed by atoms with Gasteiger partial charge in [-0.2, -0.15) is 5.26 Å². The molecule has 1 aromatic heterocycles. The Bertz CT molecular complexity index is 1340. The van der Waals surface area contributed by atoms with Gasteiger partial charge in [-0.25, -0.2) is 4.79 Å². The van der Waals surface area contributed by atoms with E-state index in [1.807, 2.05) is 38.1 Å². The molecule has 0 fully saturated rings. The zero-order valence-corrected chi connectivity index (χ0v) is 21.5. The number of rotatable bonds is 6. The van der Waals surface area contributed by atoms with Crippen molar-refractivity contribution >= 4 is 17.6 Å². The number of aromatic nitrogens is 1. The number of amides is 1. The largest absolute Gasteiger partial charge is 0.586 e. The normalized spacial score (nSPS) is 13.5. The van der Waals surface area contributed by atoms with Gasteiger partial charge in [0, 0.05) is 30.6 Å². The fourth-order valence-corrected chi connectivity index (χ4v) is 4.05. The molecular weight excluding hydrogens is 500 g/mol. The van der Waals surface area contributed by atoms with Crippen molar-refractivity contribution in [1.29, 1.82) is 5.26 Å². The number of benzene rings is 2. The first kappa shape index (κ1) is 28.1. The Morgan fingerprint density at radius 2 is 1.74 bits per heavy atom. The van der Waals surface area contributed by atoms with Crippen molar-refractivity contribution in [1.82, 2.24) is 4.98 Å². The number of esters is 1. The van der Waals surface area contributed by atoms with E-state index < -0.39 is 18.3 Å². The Hall–Kier alpha value is -4.43. The minimum absolute atomic E-state index is 0.0393. The molecule has 0 spiro atoms. The van der Waals surface area contributed by atoms with E-state index in [1.165, 1.54) is 31.4 Å². The van der Waals surface area contributed by atoms with Gasteiger partial charge in [-0.3, -0.25) is 9.69 Å². The Balaban J connectivity index is 0.000000211. The summed E-state index contributed by atoms with van der Waals surface area (Å²) in [5, 5.41) is 8.93. The van der Waals surface area contributed by atoms with E-state index in [0.29, 0.717) is 16.7 Å². The second-order valence-electron chi connectivity index (χ2n) is 8.33. The predicted octanol–water partition coefficient (Wildman–Crippen LogP) is 4.72. The van der Waals surface area contributed by atoms with Crippen LogP contribution in [0.25, 0.3) is 11.1 Å². The van der Waals surface area contributed by atoms with Crippen molar-refractivity contribution in [3.63, 3.8) is 0 Å². The van der Waals surface area contributed by atoms with Crippen molar-refractivity contribution in [3.05, 3.63) is 65.5 Å². The molecule has 0 aliphatic carbocycles. The van der Waals surface area contributed by atoms with E-state index in [0.717, 1.165) is 16.8 Å². The van der Waals surface area contributed by atoms with Crippen molar-refractivity contribution in [3.8, 4) is 28.7 Å². The van der Waals surface area contributed by atoms with Crippen LogP contribution in [0, 0.1) is 25.2 Å². The molecule has 2 heterocycles. The number of methoxy groups -OCH3 is 2. The Morgan fingerprint density at radius 1 is 1.08 bits per heavy atom. The highest BCUT2D eigenvalue weighted by atomic mass is 19.3. The van der Waals surface area contributed by atoms with Gasteiger partial charge in [0.15, 0.2) is 11.5 Å². The topological polar surface area (TPSA) is 114 Å².